The maximum Gasteiger partial charge on any atom is 0.225 e. The Balaban J connectivity index is 2.68. The van der Waals surface area contributed by atoms with Crippen molar-refractivity contribution in [3.63, 3.8) is 0 Å². The number of anilines is 1. The zero-order valence-corrected chi connectivity index (χ0v) is 14.3. The summed E-state index contributed by atoms with van der Waals surface area (Å²) >= 11 is 5.89. The van der Waals surface area contributed by atoms with Crippen molar-refractivity contribution in [3.8, 4) is 0 Å². The van der Waals surface area contributed by atoms with Gasteiger partial charge in [0.05, 0.1) is 6.26 Å². The summed E-state index contributed by atoms with van der Waals surface area (Å²) in [5.41, 5.74) is 1.54. The van der Waals surface area contributed by atoms with E-state index in [9.17, 15) is 13.2 Å². The van der Waals surface area contributed by atoms with E-state index in [1.165, 1.54) is 4.31 Å². The monoisotopic (exact) mass is 332 g/mol. The highest BCUT2D eigenvalue weighted by atomic mass is 35.5. The lowest BCUT2D eigenvalue weighted by atomic mass is 10.2. The minimum atomic E-state index is -3.32. The second-order valence-electron chi connectivity index (χ2n) is 5.22. The maximum atomic E-state index is 12.0. The minimum absolute atomic E-state index is 0.0944. The summed E-state index contributed by atoms with van der Waals surface area (Å²) in [5, 5.41) is 3.29. The van der Waals surface area contributed by atoms with Crippen LogP contribution < -0.4 is 5.32 Å². The van der Waals surface area contributed by atoms with Gasteiger partial charge in [-0.25, -0.2) is 8.42 Å². The van der Waals surface area contributed by atoms with Crippen molar-refractivity contribution >= 4 is 33.2 Å². The van der Waals surface area contributed by atoms with Crippen LogP contribution in [0.2, 0.25) is 5.02 Å². The van der Waals surface area contributed by atoms with Crippen LogP contribution in [0.4, 0.5) is 5.69 Å². The molecular weight excluding hydrogens is 312 g/mol. The van der Waals surface area contributed by atoms with E-state index in [-0.39, 0.29) is 24.9 Å². The van der Waals surface area contributed by atoms with Crippen molar-refractivity contribution in [3.05, 3.63) is 28.8 Å². The Morgan fingerprint density at radius 1 is 1.38 bits per heavy atom. The number of carbonyl (C=O) groups is 1. The van der Waals surface area contributed by atoms with Crippen molar-refractivity contribution in [2.75, 3.05) is 18.1 Å². The second kappa shape index (κ2) is 7.24. The van der Waals surface area contributed by atoms with Gasteiger partial charge < -0.3 is 5.32 Å². The molecule has 7 heteroatoms. The third-order valence-corrected chi connectivity index (χ3v) is 4.73. The third-order valence-electron chi connectivity index (χ3n) is 3.03. The molecule has 1 aromatic rings. The number of halogens is 1. The van der Waals surface area contributed by atoms with E-state index in [2.05, 4.69) is 5.32 Å². The number of aryl methyl sites for hydroxylation is 1. The molecule has 0 aromatic heterocycles. The number of benzene rings is 1. The number of nitrogens with one attached hydrogen (secondary N) is 1. The normalized spacial score (nSPS) is 12.0. The van der Waals surface area contributed by atoms with Crippen LogP contribution >= 0.6 is 11.6 Å². The van der Waals surface area contributed by atoms with Crippen LogP contribution in [0.15, 0.2) is 18.2 Å². The first kappa shape index (κ1) is 17.9. The van der Waals surface area contributed by atoms with Gasteiger partial charge >= 0.3 is 0 Å². The van der Waals surface area contributed by atoms with Gasteiger partial charge in [0.1, 0.15) is 0 Å². The highest BCUT2D eigenvalue weighted by molar-refractivity contribution is 7.88. The largest absolute Gasteiger partial charge is 0.326 e. The van der Waals surface area contributed by atoms with Gasteiger partial charge in [-0.2, -0.15) is 4.31 Å². The first-order valence-corrected chi connectivity index (χ1v) is 8.86. The summed E-state index contributed by atoms with van der Waals surface area (Å²) in [6, 6.07) is 5.05. The number of hydrogen-bond acceptors (Lipinski definition) is 3. The topological polar surface area (TPSA) is 66.5 Å². The molecule has 0 saturated carbocycles. The standard InChI is InChI=1S/C14H21ClN2O3S/c1-10(2)17(21(4,19)20)8-7-14(18)16-13-9-12(15)6-5-11(13)3/h5-6,9-10H,7-8H2,1-4H3,(H,16,18). The first-order chi connectivity index (χ1) is 9.61. The highest BCUT2D eigenvalue weighted by Gasteiger charge is 2.20. The fourth-order valence-electron chi connectivity index (χ4n) is 1.96. The number of carbonyl (C=O) groups excluding carboxylic acids is 1. The molecule has 5 nitrogen and oxygen atoms in total. The van der Waals surface area contributed by atoms with E-state index in [0.717, 1.165) is 11.8 Å². The summed E-state index contributed by atoms with van der Waals surface area (Å²) in [6.07, 6.45) is 1.24. The van der Waals surface area contributed by atoms with Crippen molar-refractivity contribution in [2.45, 2.75) is 33.2 Å². The summed E-state index contributed by atoms with van der Waals surface area (Å²) in [7, 11) is -3.32. The Kier molecular flexibility index (Phi) is 6.19. The molecule has 0 bridgehead atoms. The minimum Gasteiger partial charge on any atom is -0.326 e. The van der Waals surface area contributed by atoms with E-state index in [4.69, 9.17) is 11.6 Å². The van der Waals surface area contributed by atoms with E-state index < -0.39 is 10.0 Å². The summed E-state index contributed by atoms with van der Waals surface area (Å²) in [6.45, 7) is 5.57. The maximum absolute atomic E-state index is 12.0. The molecule has 0 heterocycles. The second-order valence-corrected chi connectivity index (χ2v) is 7.60. The van der Waals surface area contributed by atoms with Crippen LogP contribution in [0.5, 0.6) is 0 Å². The van der Waals surface area contributed by atoms with Crippen LogP contribution in [0.25, 0.3) is 0 Å². The predicted octanol–water partition coefficient (Wildman–Crippen LogP) is 2.65. The molecule has 1 amide bonds. The first-order valence-electron chi connectivity index (χ1n) is 6.64. The smallest absolute Gasteiger partial charge is 0.225 e. The van der Waals surface area contributed by atoms with Crippen molar-refractivity contribution in [1.29, 1.82) is 0 Å². The summed E-state index contributed by atoms with van der Waals surface area (Å²) in [5.74, 6) is -0.241. The van der Waals surface area contributed by atoms with Crippen LogP contribution in [0.3, 0.4) is 0 Å². The molecular formula is C14H21ClN2O3S. The van der Waals surface area contributed by atoms with Gasteiger partial charge in [0, 0.05) is 29.7 Å². The Morgan fingerprint density at radius 3 is 2.52 bits per heavy atom. The van der Waals surface area contributed by atoms with E-state index >= 15 is 0 Å². The zero-order chi connectivity index (χ0) is 16.2. The third kappa shape index (κ3) is 5.65. The van der Waals surface area contributed by atoms with Gasteiger partial charge in [-0.05, 0) is 38.5 Å². The number of amides is 1. The van der Waals surface area contributed by atoms with Crippen molar-refractivity contribution in [2.24, 2.45) is 0 Å². The molecule has 0 saturated heterocycles. The summed E-state index contributed by atoms with van der Waals surface area (Å²) in [4.78, 5) is 12.0. The molecule has 0 atom stereocenters. The number of sulfonamides is 1. The summed E-state index contributed by atoms with van der Waals surface area (Å²) < 4.78 is 24.5. The van der Waals surface area contributed by atoms with E-state index in [1.54, 1.807) is 26.0 Å². The lowest BCUT2D eigenvalue weighted by Crippen LogP contribution is -2.38. The average Bonchev–Trinajstić information content (AvgIpc) is 2.31. The molecule has 21 heavy (non-hydrogen) atoms. The molecule has 0 aliphatic heterocycles. The molecule has 0 radical (unpaired) electrons. The molecule has 1 N–H and O–H groups in total. The molecule has 1 aromatic carbocycles. The highest BCUT2D eigenvalue weighted by Crippen LogP contribution is 2.20. The van der Waals surface area contributed by atoms with E-state index in [1.807, 2.05) is 13.0 Å². The fourth-order valence-corrected chi connectivity index (χ4v) is 3.32. The van der Waals surface area contributed by atoms with Crippen molar-refractivity contribution < 1.29 is 13.2 Å². The molecule has 0 unspecified atom stereocenters. The van der Waals surface area contributed by atoms with Crippen LogP contribution in [0.1, 0.15) is 25.8 Å². The Morgan fingerprint density at radius 2 is 2.00 bits per heavy atom. The Bertz CT molecular complexity index is 615. The van der Waals surface area contributed by atoms with Gasteiger partial charge in [-0.3, -0.25) is 4.79 Å². The predicted molar refractivity (Wildman–Crippen MR) is 86.1 cm³/mol. The van der Waals surface area contributed by atoms with Crippen LogP contribution in [-0.4, -0.2) is 37.5 Å². The molecule has 1 rings (SSSR count). The molecule has 0 aliphatic rings. The fraction of sp³-hybridized carbons (Fsp3) is 0.500. The Hall–Kier alpha value is -1.11. The zero-order valence-electron chi connectivity index (χ0n) is 12.7. The Labute approximate surface area is 131 Å². The SMILES string of the molecule is Cc1ccc(Cl)cc1NC(=O)CCN(C(C)C)S(C)(=O)=O. The quantitative estimate of drug-likeness (QED) is 0.870. The lowest BCUT2D eigenvalue weighted by Gasteiger charge is -2.23. The van der Waals surface area contributed by atoms with Gasteiger partial charge in [0.15, 0.2) is 0 Å². The van der Waals surface area contributed by atoms with Gasteiger partial charge in [0.25, 0.3) is 0 Å². The van der Waals surface area contributed by atoms with Crippen LogP contribution in [0, 0.1) is 6.92 Å². The number of hydrogen-bond donors (Lipinski definition) is 1. The van der Waals surface area contributed by atoms with Crippen LogP contribution in [-0.2, 0) is 14.8 Å². The van der Waals surface area contributed by atoms with Crippen molar-refractivity contribution in [1.82, 2.24) is 4.31 Å². The number of nitrogens with zero attached hydrogens (tertiary/aromatic N) is 1. The van der Waals surface area contributed by atoms with Gasteiger partial charge in [-0.1, -0.05) is 17.7 Å². The molecule has 118 valence electrons. The molecule has 0 fully saturated rings. The lowest BCUT2D eigenvalue weighted by molar-refractivity contribution is -0.116. The van der Waals surface area contributed by atoms with E-state index in [0.29, 0.717) is 10.7 Å². The van der Waals surface area contributed by atoms with Gasteiger partial charge in [0.2, 0.25) is 15.9 Å². The van der Waals surface area contributed by atoms with Gasteiger partial charge in [-0.15, -0.1) is 0 Å². The number of rotatable bonds is 6. The molecule has 0 spiro atoms. The molecule has 0 aliphatic carbocycles. The average molecular weight is 333 g/mol.